The summed E-state index contributed by atoms with van der Waals surface area (Å²) in [5.41, 5.74) is 3.52. The summed E-state index contributed by atoms with van der Waals surface area (Å²) in [7, 11) is 0. The fraction of sp³-hybridized carbons (Fsp3) is 0.583. The Morgan fingerprint density at radius 2 is 1.50 bits per heavy atom. The Balaban J connectivity index is 0.00000616. The second-order valence-electron chi connectivity index (χ2n) is 12.5. The molecule has 1 N–H and O–H groups in total. The molecular formula is C36H55BrN2O2S. The van der Waals surface area contributed by atoms with E-state index in [1.54, 1.807) is 0 Å². The van der Waals surface area contributed by atoms with Crippen LogP contribution >= 0.6 is 28.7 Å². The fourth-order valence-electron chi connectivity index (χ4n) is 5.39. The van der Waals surface area contributed by atoms with Crippen LogP contribution in [-0.2, 0) is 12.0 Å². The molecule has 0 unspecified atom stereocenters. The second kappa shape index (κ2) is 19.4. The zero-order chi connectivity index (χ0) is 29.5. The minimum atomic E-state index is -0.0951. The molecule has 0 saturated heterocycles. The van der Waals surface area contributed by atoms with Gasteiger partial charge in [-0.05, 0) is 41.4 Å². The normalized spacial score (nSPS) is 13.1. The van der Waals surface area contributed by atoms with Gasteiger partial charge in [0.15, 0.2) is 0 Å². The minimum absolute atomic E-state index is 0. The lowest BCUT2D eigenvalue weighted by molar-refractivity contribution is 0.102. The molecule has 0 aliphatic carbocycles. The van der Waals surface area contributed by atoms with Gasteiger partial charge in [-0.15, -0.1) is 28.7 Å². The molecule has 0 saturated carbocycles. The first-order valence-electron chi connectivity index (χ1n) is 16.0. The topological polar surface area (TPSA) is 41.6 Å². The summed E-state index contributed by atoms with van der Waals surface area (Å²) in [6, 6.07) is 14.0. The Morgan fingerprint density at radius 3 is 2.10 bits per heavy atom. The first-order chi connectivity index (χ1) is 19.8. The standard InChI is InChI=1S/C36H54N2O2S.BrH/c1-6-7-8-9-10-11-12-13-14-15-16-19-25-40-34-32(36(3,4)5)23-20-24-33(34)37-35(39)31-22-18-17-21-30(31)27-38-26-29(2)41-28-38;/h17-18,20-24,26H,6-16,19,25,27-28H2,1-5H3,(H,37,39);1H. The quantitative estimate of drug-likeness (QED) is 0.162. The molecular weight excluding hydrogens is 604 g/mol. The number of nitrogens with one attached hydrogen (secondary N) is 1. The molecule has 4 nitrogen and oxygen atoms in total. The van der Waals surface area contributed by atoms with E-state index in [1.165, 1.54) is 75.5 Å². The van der Waals surface area contributed by atoms with E-state index in [0.29, 0.717) is 12.2 Å². The molecule has 0 atom stereocenters. The number of halogens is 1. The molecule has 1 amide bonds. The van der Waals surface area contributed by atoms with Crippen LogP contribution in [0.1, 0.15) is 133 Å². The van der Waals surface area contributed by atoms with Crippen molar-refractivity contribution in [3.8, 4) is 5.75 Å². The highest BCUT2D eigenvalue weighted by Gasteiger charge is 2.23. The van der Waals surface area contributed by atoms with Gasteiger partial charge in [0.2, 0.25) is 0 Å². The predicted molar refractivity (Wildman–Crippen MR) is 188 cm³/mol. The maximum atomic E-state index is 13.6. The average Bonchev–Trinajstić information content (AvgIpc) is 3.35. The molecule has 1 aliphatic rings. The van der Waals surface area contributed by atoms with Crippen LogP contribution in [0, 0.1) is 0 Å². The predicted octanol–water partition coefficient (Wildman–Crippen LogP) is 11.3. The number of unbranched alkanes of at least 4 members (excludes halogenated alkanes) is 11. The number of allylic oxidation sites excluding steroid dienone is 1. The number of ether oxygens (including phenoxy) is 1. The molecule has 0 spiro atoms. The lowest BCUT2D eigenvalue weighted by atomic mass is 9.86. The SMILES string of the molecule is Br.CCCCCCCCCCCCCCOc1c(NC(=O)c2ccccc2CN2C=C(C)SC2)cccc1C(C)(C)C. The van der Waals surface area contributed by atoms with Crippen LogP contribution in [-0.4, -0.2) is 23.3 Å². The molecule has 6 heteroatoms. The van der Waals surface area contributed by atoms with Crippen LogP contribution in [0.15, 0.2) is 53.6 Å². The van der Waals surface area contributed by atoms with Crippen molar-refractivity contribution in [2.45, 2.75) is 124 Å². The Hall–Kier alpha value is -1.92. The van der Waals surface area contributed by atoms with Gasteiger partial charge < -0.3 is 15.0 Å². The number of carbonyl (C=O) groups is 1. The first kappa shape index (κ1) is 36.3. The summed E-state index contributed by atoms with van der Waals surface area (Å²) < 4.78 is 6.44. The molecule has 234 valence electrons. The molecule has 0 radical (unpaired) electrons. The molecule has 1 aliphatic heterocycles. The van der Waals surface area contributed by atoms with Crippen molar-refractivity contribution < 1.29 is 9.53 Å². The third kappa shape index (κ3) is 12.4. The smallest absolute Gasteiger partial charge is 0.256 e. The highest BCUT2D eigenvalue weighted by molar-refractivity contribution is 8.93. The summed E-state index contributed by atoms with van der Waals surface area (Å²) in [5, 5.41) is 3.21. The van der Waals surface area contributed by atoms with Gasteiger partial charge in [0.25, 0.3) is 5.91 Å². The molecule has 3 rings (SSSR count). The van der Waals surface area contributed by atoms with E-state index < -0.39 is 0 Å². The average molecular weight is 660 g/mol. The highest BCUT2D eigenvalue weighted by atomic mass is 79.9. The molecule has 42 heavy (non-hydrogen) atoms. The zero-order valence-electron chi connectivity index (χ0n) is 26.8. The van der Waals surface area contributed by atoms with Crippen LogP contribution in [0.2, 0.25) is 0 Å². The van der Waals surface area contributed by atoms with Crippen molar-refractivity contribution in [1.82, 2.24) is 4.90 Å². The lowest BCUT2D eigenvalue weighted by Gasteiger charge is -2.25. The third-order valence-electron chi connectivity index (χ3n) is 7.77. The number of para-hydroxylation sites is 1. The van der Waals surface area contributed by atoms with Crippen molar-refractivity contribution in [2.24, 2.45) is 0 Å². The maximum absolute atomic E-state index is 13.6. The number of hydrogen-bond acceptors (Lipinski definition) is 4. The molecule has 0 aromatic heterocycles. The van der Waals surface area contributed by atoms with Crippen LogP contribution in [0.4, 0.5) is 5.69 Å². The highest BCUT2D eigenvalue weighted by Crippen LogP contribution is 2.38. The molecule has 0 fully saturated rings. The van der Waals surface area contributed by atoms with Gasteiger partial charge in [0, 0.05) is 23.9 Å². The summed E-state index contributed by atoms with van der Waals surface area (Å²) >= 11 is 1.84. The summed E-state index contributed by atoms with van der Waals surface area (Å²) in [4.78, 5) is 17.1. The number of carbonyl (C=O) groups excluding carboxylic acids is 1. The van der Waals surface area contributed by atoms with Gasteiger partial charge in [-0.25, -0.2) is 0 Å². The minimum Gasteiger partial charge on any atom is -0.491 e. The van der Waals surface area contributed by atoms with Gasteiger partial charge in [-0.1, -0.05) is 129 Å². The van der Waals surface area contributed by atoms with Crippen LogP contribution in [0.3, 0.4) is 0 Å². The Labute approximate surface area is 271 Å². The van der Waals surface area contributed by atoms with Crippen molar-refractivity contribution in [2.75, 3.05) is 17.8 Å². The van der Waals surface area contributed by atoms with Crippen molar-refractivity contribution in [3.63, 3.8) is 0 Å². The summed E-state index contributed by atoms with van der Waals surface area (Å²) in [5.74, 6) is 1.64. The number of rotatable bonds is 18. The monoisotopic (exact) mass is 658 g/mol. The maximum Gasteiger partial charge on any atom is 0.256 e. The largest absolute Gasteiger partial charge is 0.491 e. The lowest BCUT2D eigenvalue weighted by Crippen LogP contribution is -2.20. The van der Waals surface area contributed by atoms with Crippen LogP contribution < -0.4 is 10.1 Å². The molecule has 0 bridgehead atoms. The van der Waals surface area contributed by atoms with E-state index in [0.717, 1.165) is 41.4 Å². The van der Waals surface area contributed by atoms with Gasteiger partial charge in [-0.3, -0.25) is 4.79 Å². The first-order valence-corrected chi connectivity index (χ1v) is 17.0. The van der Waals surface area contributed by atoms with Crippen LogP contribution in [0.5, 0.6) is 5.75 Å². The fourth-order valence-corrected chi connectivity index (χ4v) is 6.15. The molecule has 2 aromatic rings. The Bertz CT molecular complexity index is 1110. The Morgan fingerprint density at radius 1 is 0.881 bits per heavy atom. The van der Waals surface area contributed by atoms with Gasteiger partial charge in [-0.2, -0.15) is 0 Å². The summed E-state index contributed by atoms with van der Waals surface area (Å²) in [6.07, 6.45) is 18.0. The third-order valence-corrected chi connectivity index (χ3v) is 8.79. The summed E-state index contributed by atoms with van der Waals surface area (Å²) in [6.45, 7) is 12.4. The van der Waals surface area contributed by atoms with Crippen molar-refractivity contribution >= 4 is 40.3 Å². The van der Waals surface area contributed by atoms with Gasteiger partial charge in [0.1, 0.15) is 5.75 Å². The number of thioether (sulfide) groups is 1. The van der Waals surface area contributed by atoms with E-state index in [4.69, 9.17) is 4.74 Å². The number of anilines is 1. The van der Waals surface area contributed by atoms with Crippen molar-refractivity contribution in [3.05, 3.63) is 70.3 Å². The van der Waals surface area contributed by atoms with E-state index in [1.807, 2.05) is 42.1 Å². The van der Waals surface area contributed by atoms with E-state index >= 15 is 0 Å². The number of amides is 1. The van der Waals surface area contributed by atoms with E-state index in [2.05, 4.69) is 63.2 Å². The van der Waals surface area contributed by atoms with Gasteiger partial charge >= 0.3 is 0 Å². The van der Waals surface area contributed by atoms with Gasteiger partial charge in [0.05, 0.1) is 18.2 Å². The van der Waals surface area contributed by atoms with E-state index in [-0.39, 0.29) is 28.3 Å². The van der Waals surface area contributed by atoms with Crippen LogP contribution in [0.25, 0.3) is 0 Å². The molecule has 1 heterocycles. The number of benzene rings is 2. The van der Waals surface area contributed by atoms with Crippen molar-refractivity contribution in [1.29, 1.82) is 0 Å². The Kier molecular flexibility index (Phi) is 16.7. The van der Waals surface area contributed by atoms with E-state index in [9.17, 15) is 4.79 Å². The number of nitrogens with zero attached hydrogens (tertiary/aromatic N) is 1. The molecule has 2 aromatic carbocycles. The zero-order valence-corrected chi connectivity index (χ0v) is 29.3. The number of hydrogen-bond donors (Lipinski definition) is 1. The second-order valence-corrected chi connectivity index (χ2v) is 13.7.